The quantitative estimate of drug-likeness (QED) is 0.774. The number of amides is 1. The molecule has 5 nitrogen and oxygen atoms in total. The SMILES string of the molecule is NC(=O)c1ccc2ccn(C3C[C@H]4CC[C@@H](C3)N4Cc3ccccn3)c2c1. The molecule has 27 heavy (non-hydrogen) atoms. The summed E-state index contributed by atoms with van der Waals surface area (Å²) in [4.78, 5) is 18.8. The third kappa shape index (κ3) is 2.92. The molecule has 1 unspecified atom stereocenters. The monoisotopic (exact) mass is 360 g/mol. The van der Waals surface area contributed by atoms with Crippen molar-refractivity contribution in [2.75, 3.05) is 0 Å². The molecule has 5 heteroatoms. The van der Waals surface area contributed by atoms with Gasteiger partial charge in [-0.15, -0.1) is 0 Å². The van der Waals surface area contributed by atoms with Gasteiger partial charge >= 0.3 is 0 Å². The first-order valence-corrected chi connectivity index (χ1v) is 9.75. The van der Waals surface area contributed by atoms with Crippen LogP contribution in [0.15, 0.2) is 54.9 Å². The molecule has 5 rings (SSSR count). The summed E-state index contributed by atoms with van der Waals surface area (Å²) < 4.78 is 2.37. The number of carbonyl (C=O) groups is 1. The smallest absolute Gasteiger partial charge is 0.248 e. The van der Waals surface area contributed by atoms with E-state index in [2.05, 4.69) is 38.8 Å². The fraction of sp³-hybridized carbons (Fsp3) is 0.364. The molecule has 2 N–H and O–H groups in total. The van der Waals surface area contributed by atoms with Crippen molar-refractivity contribution in [3.8, 4) is 0 Å². The summed E-state index contributed by atoms with van der Waals surface area (Å²) in [5, 5.41) is 1.17. The zero-order chi connectivity index (χ0) is 18.4. The van der Waals surface area contributed by atoms with Crippen LogP contribution in [0.3, 0.4) is 0 Å². The molecular weight excluding hydrogens is 336 g/mol. The lowest BCUT2D eigenvalue weighted by atomic mass is 9.96. The van der Waals surface area contributed by atoms with Crippen molar-refractivity contribution in [1.82, 2.24) is 14.5 Å². The normalized spacial score (nSPS) is 25.1. The molecule has 2 aromatic heterocycles. The van der Waals surface area contributed by atoms with E-state index >= 15 is 0 Å². The largest absolute Gasteiger partial charge is 0.366 e. The number of nitrogens with two attached hydrogens (primary N) is 1. The van der Waals surface area contributed by atoms with Crippen molar-refractivity contribution in [2.45, 2.75) is 50.4 Å². The number of hydrogen-bond donors (Lipinski definition) is 1. The number of nitrogens with zero attached hydrogens (tertiary/aromatic N) is 3. The summed E-state index contributed by atoms with van der Waals surface area (Å²) in [6.45, 7) is 0.946. The highest BCUT2D eigenvalue weighted by Gasteiger charge is 2.41. The second kappa shape index (κ2) is 6.50. The molecule has 2 saturated heterocycles. The van der Waals surface area contributed by atoms with Crippen molar-refractivity contribution in [1.29, 1.82) is 0 Å². The zero-order valence-electron chi connectivity index (χ0n) is 15.3. The number of primary amides is 1. The van der Waals surface area contributed by atoms with E-state index in [0.717, 1.165) is 30.6 Å². The third-order valence-electron chi connectivity index (χ3n) is 6.33. The Balaban J connectivity index is 1.40. The first-order valence-electron chi connectivity index (χ1n) is 9.75. The standard InChI is InChI=1S/C22H24N4O/c23-22(27)16-5-4-15-8-10-25(21(15)11-16)20-12-18-6-7-19(13-20)26(18)14-17-3-1-2-9-24-17/h1-5,8-11,18-20H,6-7,12-14H2,(H2,23,27)/t18-,19+,20?. The Kier molecular flexibility index (Phi) is 3.97. The first kappa shape index (κ1) is 16.5. The van der Waals surface area contributed by atoms with Gasteiger partial charge in [-0.2, -0.15) is 0 Å². The Morgan fingerprint density at radius 1 is 1.07 bits per heavy atom. The van der Waals surface area contributed by atoms with Gasteiger partial charge in [0.05, 0.1) is 5.69 Å². The van der Waals surface area contributed by atoms with Gasteiger partial charge in [-0.3, -0.25) is 14.7 Å². The molecule has 2 fully saturated rings. The van der Waals surface area contributed by atoms with E-state index in [4.69, 9.17) is 5.73 Å². The highest BCUT2D eigenvalue weighted by atomic mass is 16.1. The average Bonchev–Trinajstić information content (AvgIpc) is 3.19. The van der Waals surface area contributed by atoms with Gasteiger partial charge in [0, 0.05) is 48.1 Å². The highest BCUT2D eigenvalue weighted by Crippen LogP contribution is 2.42. The minimum Gasteiger partial charge on any atom is -0.366 e. The van der Waals surface area contributed by atoms with E-state index in [0.29, 0.717) is 23.7 Å². The van der Waals surface area contributed by atoms with Gasteiger partial charge in [-0.1, -0.05) is 12.1 Å². The number of aromatic nitrogens is 2. The predicted molar refractivity (Wildman–Crippen MR) is 105 cm³/mol. The molecule has 0 aliphatic carbocycles. The molecule has 1 aromatic carbocycles. The van der Waals surface area contributed by atoms with Crippen molar-refractivity contribution >= 4 is 16.8 Å². The van der Waals surface area contributed by atoms with Crippen LogP contribution in [-0.4, -0.2) is 32.4 Å². The molecule has 1 amide bonds. The number of benzene rings is 1. The van der Waals surface area contributed by atoms with Crippen LogP contribution in [0.25, 0.3) is 10.9 Å². The van der Waals surface area contributed by atoms with Crippen LogP contribution >= 0.6 is 0 Å². The molecule has 3 atom stereocenters. The molecule has 2 aliphatic rings. The van der Waals surface area contributed by atoms with Crippen LogP contribution in [0, 0.1) is 0 Å². The molecular formula is C22H24N4O. The van der Waals surface area contributed by atoms with Crippen LogP contribution in [0.2, 0.25) is 0 Å². The Labute approximate surface area is 158 Å². The van der Waals surface area contributed by atoms with Crippen LogP contribution in [0.4, 0.5) is 0 Å². The van der Waals surface area contributed by atoms with Gasteiger partial charge in [-0.25, -0.2) is 0 Å². The second-order valence-electron chi connectivity index (χ2n) is 7.86. The molecule has 0 spiro atoms. The first-order chi connectivity index (χ1) is 13.2. The van der Waals surface area contributed by atoms with Crippen molar-refractivity contribution in [3.63, 3.8) is 0 Å². The number of fused-ring (bicyclic) bond motifs is 3. The summed E-state index contributed by atoms with van der Waals surface area (Å²) in [5.74, 6) is -0.366. The number of pyridine rings is 1. The number of carbonyl (C=O) groups excluding carboxylic acids is 1. The summed E-state index contributed by atoms with van der Waals surface area (Å²) in [6.07, 6.45) is 8.88. The van der Waals surface area contributed by atoms with E-state index in [1.807, 2.05) is 30.5 Å². The minimum absolute atomic E-state index is 0.366. The summed E-state index contributed by atoms with van der Waals surface area (Å²) >= 11 is 0. The molecule has 138 valence electrons. The van der Waals surface area contributed by atoms with Gasteiger partial charge in [0.1, 0.15) is 0 Å². The Morgan fingerprint density at radius 3 is 2.59 bits per heavy atom. The fourth-order valence-electron chi connectivity index (χ4n) is 5.03. The lowest BCUT2D eigenvalue weighted by Crippen LogP contribution is -2.42. The second-order valence-corrected chi connectivity index (χ2v) is 7.86. The van der Waals surface area contributed by atoms with Crippen molar-refractivity contribution in [2.24, 2.45) is 5.73 Å². The Bertz CT molecular complexity index is 966. The van der Waals surface area contributed by atoms with Crippen molar-refractivity contribution in [3.05, 3.63) is 66.1 Å². The summed E-state index contributed by atoms with van der Waals surface area (Å²) in [7, 11) is 0. The van der Waals surface area contributed by atoms with E-state index < -0.39 is 0 Å². The number of rotatable bonds is 4. The molecule has 2 aliphatic heterocycles. The van der Waals surface area contributed by atoms with Gasteiger partial charge in [0.15, 0.2) is 0 Å². The van der Waals surface area contributed by atoms with E-state index in [9.17, 15) is 4.79 Å². The molecule has 0 saturated carbocycles. The predicted octanol–water partition coefficient (Wildman–Crippen LogP) is 3.50. The minimum atomic E-state index is -0.366. The van der Waals surface area contributed by atoms with E-state index in [1.54, 1.807) is 0 Å². The van der Waals surface area contributed by atoms with Crippen LogP contribution < -0.4 is 5.73 Å². The topological polar surface area (TPSA) is 64.2 Å². The van der Waals surface area contributed by atoms with Crippen LogP contribution in [0.1, 0.15) is 47.8 Å². The van der Waals surface area contributed by atoms with E-state index in [1.165, 1.54) is 18.2 Å². The lowest BCUT2D eigenvalue weighted by Gasteiger charge is -2.39. The summed E-state index contributed by atoms with van der Waals surface area (Å²) in [6, 6.07) is 15.7. The van der Waals surface area contributed by atoms with Crippen LogP contribution in [-0.2, 0) is 6.54 Å². The maximum atomic E-state index is 11.6. The van der Waals surface area contributed by atoms with Gasteiger partial charge in [0.2, 0.25) is 5.91 Å². The maximum Gasteiger partial charge on any atom is 0.248 e. The Hall–Kier alpha value is -2.66. The third-order valence-corrected chi connectivity index (χ3v) is 6.33. The van der Waals surface area contributed by atoms with Gasteiger partial charge < -0.3 is 10.3 Å². The molecule has 0 radical (unpaired) electrons. The van der Waals surface area contributed by atoms with Gasteiger partial charge in [-0.05, 0) is 61.4 Å². The fourth-order valence-corrected chi connectivity index (χ4v) is 5.03. The zero-order valence-corrected chi connectivity index (χ0v) is 15.3. The van der Waals surface area contributed by atoms with Crippen molar-refractivity contribution < 1.29 is 4.79 Å². The van der Waals surface area contributed by atoms with E-state index in [-0.39, 0.29) is 5.91 Å². The maximum absolute atomic E-state index is 11.6. The molecule has 3 aromatic rings. The van der Waals surface area contributed by atoms with Crippen LogP contribution in [0.5, 0.6) is 0 Å². The average molecular weight is 360 g/mol. The number of hydrogen-bond acceptors (Lipinski definition) is 3. The molecule has 4 heterocycles. The molecule has 2 bridgehead atoms. The highest BCUT2D eigenvalue weighted by molar-refractivity contribution is 5.97. The Morgan fingerprint density at radius 2 is 1.89 bits per heavy atom. The summed E-state index contributed by atoms with van der Waals surface area (Å²) in [5.41, 5.74) is 8.35. The lowest BCUT2D eigenvalue weighted by molar-refractivity contribution is 0.0990. The number of piperidine rings is 1. The van der Waals surface area contributed by atoms with Gasteiger partial charge in [0.25, 0.3) is 0 Å².